The Hall–Kier alpha value is -0.790. The maximum Gasteiger partial charge on any atom is 0.195 e. The fraction of sp³-hybridized carbons (Fsp3) is 0.812. The number of hydrogen-bond acceptors (Lipinski definition) is 0. The molecule has 1 heterocycles. The van der Waals surface area contributed by atoms with E-state index in [0.29, 0.717) is 0 Å². The molecule has 0 aromatic carbocycles. The van der Waals surface area contributed by atoms with Crippen LogP contribution in [0.4, 0.5) is 0 Å². The van der Waals surface area contributed by atoms with Crippen molar-refractivity contribution in [3.05, 3.63) is 18.5 Å². The lowest BCUT2D eigenvalue weighted by Crippen LogP contribution is -2.37. The quantitative estimate of drug-likeness (QED) is 0.411. The number of hydrogen-bond donors (Lipinski definition) is 0. The third-order valence-corrected chi connectivity index (χ3v) is 3.71. The Morgan fingerprint density at radius 3 is 1.89 bits per heavy atom. The molecule has 104 valence electrons. The minimum atomic E-state index is 1.17. The second-order valence-corrected chi connectivity index (χ2v) is 5.41. The van der Waals surface area contributed by atoms with E-state index in [2.05, 4.69) is 41.8 Å². The number of unbranched alkanes of at least 4 members (excludes halogenated alkanes) is 9. The van der Waals surface area contributed by atoms with Gasteiger partial charge in [0.25, 0.3) is 0 Å². The summed E-state index contributed by atoms with van der Waals surface area (Å²) in [5.74, 6) is 0. The van der Waals surface area contributed by atoms with Gasteiger partial charge in [-0.2, -0.15) is 4.68 Å². The first-order valence-electron chi connectivity index (χ1n) is 7.85. The molecule has 0 aliphatic carbocycles. The first-order valence-corrected chi connectivity index (χ1v) is 7.85. The van der Waals surface area contributed by atoms with E-state index in [1.165, 1.54) is 70.8 Å². The summed E-state index contributed by atoms with van der Waals surface area (Å²) in [6, 6.07) is 2.11. The van der Waals surface area contributed by atoms with Crippen molar-refractivity contribution in [1.82, 2.24) is 4.68 Å². The summed E-state index contributed by atoms with van der Waals surface area (Å²) in [5.41, 5.74) is 0. The van der Waals surface area contributed by atoms with Gasteiger partial charge in [0.1, 0.15) is 0 Å². The lowest BCUT2D eigenvalue weighted by Gasteiger charge is -2.02. The first kappa shape index (κ1) is 15.3. The molecule has 0 N–H and O–H groups in total. The van der Waals surface area contributed by atoms with Gasteiger partial charge in [0.2, 0.25) is 0 Å². The highest BCUT2D eigenvalue weighted by molar-refractivity contribution is 4.71. The molecule has 0 spiro atoms. The van der Waals surface area contributed by atoms with E-state index < -0.39 is 0 Å². The Labute approximate surface area is 113 Å². The fourth-order valence-electron chi connectivity index (χ4n) is 2.45. The van der Waals surface area contributed by atoms with Crippen LogP contribution in [0.1, 0.15) is 71.1 Å². The Kier molecular flexibility index (Phi) is 8.62. The lowest BCUT2D eigenvalue weighted by atomic mass is 10.1. The van der Waals surface area contributed by atoms with Gasteiger partial charge in [-0.15, -0.1) is 4.68 Å². The molecule has 0 saturated heterocycles. The predicted molar refractivity (Wildman–Crippen MR) is 77.5 cm³/mol. The van der Waals surface area contributed by atoms with Gasteiger partial charge in [0.05, 0.1) is 12.7 Å². The molecule has 0 radical (unpaired) electrons. The van der Waals surface area contributed by atoms with Crippen LogP contribution in [0.3, 0.4) is 0 Å². The normalized spacial score (nSPS) is 11.0. The van der Waals surface area contributed by atoms with Gasteiger partial charge in [-0.1, -0.05) is 64.7 Å². The topological polar surface area (TPSA) is 8.81 Å². The van der Waals surface area contributed by atoms with Gasteiger partial charge in [-0.05, 0) is 6.42 Å². The van der Waals surface area contributed by atoms with Crippen molar-refractivity contribution in [1.29, 1.82) is 0 Å². The molecule has 0 bridgehead atoms. The molecule has 0 aliphatic rings. The third-order valence-electron chi connectivity index (χ3n) is 3.71. The molecule has 0 saturated carbocycles. The molecule has 2 heteroatoms. The molecule has 2 nitrogen and oxygen atoms in total. The van der Waals surface area contributed by atoms with E-state index in [4.69, 9.17) is 0 Å². The Morgan fingerprint density at radius 1 is 0.833 bits per heavy atom. The van der Waals surface area contributed by atoms with Crippen LogP contribution in [0.2, 0.25) is 0 Å². The fourth-order valence-corrected chi connectivity index (χ4v) is 2.45. The van der Waals surface area contributed by atoms with E-state index in [0.717, 1.165) is 0 Å². The Balaban J connectivity index is 1.83. The van der Waals surface area contributed by atoms with E-state index in [1.807, 2.05) is 0 Å². The standard InChI is InChI=1S/C16H31N2/c1-3-4-5-6-7-8-9-10-11-12-15-18-16-13-14-17(18)2/h13-14,16H,3-12,15H2,1-2H3/q+1. The maximum atomic E-state index is 2.28. The first-order chi connectivity index (χ1) is 8.84. The van der Waals surface area contributed by atoms with Crippen molar-refractivity contribution < 1.29 is 4.68 Å². The molecular weight excluding hydrogens is 220 g/mol. The number of aromatic nitrogens is 2. The molecule has 1 aromatic heterocycles. The monoisotopic (exact) mass is 251 g/mol. The molecule has 1 rings (SSSR count). The predicted octanol–water partition coefficient (Wildman–Crippen LogP) is 4.23. The van der Waals surface area contributed by atoms with Crippen LogP contribution in [-0.4, -0.2) is 4.68 Å². The van der Waals surface area contributed by atoms with Crippen LogP contribution < -0.4 is 4.68 Å². The van der Waals surface area contributed by atoms with Gasteiger partial charge in [0, 0.05) is 6.07 Å². The summed E-state index contributed by atoms with van der Waals surface area (Å²) in [6.07, 6.45) is 18.4. The second-order valence-electron chi connectivity index (χ2n) is 5.41. The lowest BCUT2D eigenvalue weighted by molar-refractivity contribution is -0.753. The van der Waals surface area contributed by atoms with E-state index >= 15 is 0 Å². The van der Waals surface area contributed by atoms with Gasteiger partial charge in [-0.3, -0.25) is 0 Å². The van der Waals surface area contributed by atoms with Gasteiger partial charge in [0.15, 0.2) is 13.2 Å². The molecule has 0 atom stereocenters. The zero-order chi connectivity index (χ0) is 13.1. The summed E-state index contributed by atoms with van der Waals surface area (Å²) in [6.45, 7) is 3.45. The maximum absolute atomic E-state index is 2.28. The van der Waals surface area contributed by atoms with Crippen molar-refractivity contribution in [2.24, 2.45) is 7.05 Å². The van der Waals surface area contributed by atoms with Crippen LogP contribution in [0.5, 0.6) is 0 Å². The SMILES string of the molecule is CCCCCCCCCCCCn1ccc[n+]1C. The van der Waals surface area contributed by atoms with Crippen LogP contribution in [0.25, 0.3) is 0 Å². The van der Waals surface area contributed by atoms with Gasteiger partial charge >= 0.3 is 0 Å². The second kappa shape index (κ2) is 10.2. The average molecular weight is 251 g/mol. The largest absolute Gasteiger partial charge is 0.195 e. The van der Waals surface area contributed by atoms with Crippen molar-refractivity contribution >= 4 is 0 Å². The van der Waals surface area contributed by atoms with Crippen LogP contribution in [0.15, 0.2) is 18.5 Å². The smallest absolute Gasteiger partial charge is 0.161 e. The molecule has 0 unspecified atom stereocenters. The molecule has 0 amide bonds. The number of nitrogens with zero attached hydrogens (tertiary/aromatic N) is 2. The average Bonchev–Trinajstić information content (AvgIpc) is 2.77. The third kappa shape index (κ3) is 6.83. The highest BCUT2D eigenvalue weighted by Crippen LogP contribution is 2.10. The van der Waals surface area contributed by atoms with Crippen molar-refractivity contribution in [2.75, 3.05) is 0 Å². The highest BCUT2D eigenvalue weighted by atomic mass is 15.4. The van der Waals surface area contributed by atoms with Crippen molar-refractivity contribution in [2.45, 2.75) is 77.7 Å². The van der Waals surface area contributed by atoms with E-state index in [9.17, 15) is 0 Å². The molecule has 18 heavy (non-hydrogen) atoms. The molecular formula is C16H31N2+. The molecule has 0 fully saturated rings. The van der Waals surface area contributed by atoms with Crippen LogP contribution in [-0.2, 0) is 13.6 Å². The van der Waals surface area contributed by atoms with Crippen molar-refractivity contribution in [3.8, 4) is 0 Å². The Bertz CT molecular complexity index is 291. The summed E-state index contributed by atoms with van der Waals surface area (Å²) in [4.78, 5) is 0. The summed E-state index contributed by atoms with van der Waals surface area (Å²) < 4.78 is 4.44. The van der Waals surface area contributed by atoms with Crippen molar-refractivity contribution in [3.63, 3.8) is 0 Å². The van der Waals surface area contributed by atoms with E-state index in [1.54, 1.807) is 0 Å². The highest BCUT2D eigenvalue weighted by Gasteiger charge is 2.00. The van der Waals surface area contributed by atoms with E-state index in [-0.39, 0.29) is 0 Å². The number of rotatable bonds is 11. The summed E-state index contributed by atoms with van der Waals surface area (Å²) in [5, 5.41) is 0. The Morgan fingerprint density at radius 2 is 1.39 bits per heavy atom. The molecule has 0 aliphatic heterocycles. The van der Waals surface area contributed by atoms with Gasteiger partial charge < -0.3 is 0 Å². The minimum absolute atomic E-state index is 1.17. The van der Waals surface area contributed by atoms with Crippen LogP contribution in [0, 0.1) is 0 Å². The van der Waals surface area contributed by atoms with Crippen LogP contribution >= 0.6 is 0 Å². The number of aryl methyl sites for hydroxylation is 2. The zero-order valence-electron chi connectivity index (χ0n) is 12.4. The summed E-state index contributed by atoms with van der Waals surface area (Å²) in [7, 11) is 2.11. The minimum Gasteiger partial charge on any atom is -0.161 e. The zero-order valence-corrected chi connectivity index (χ0v) is 12.4. The summed E-state index contributed by atoms with van der Waals surface area (Å²) >= 11 is 0. The van der Waals surface area contributed by atoms with Gasteiger partial charge in [-0.25, -0.2) is 0 Å². The molecule has 1 aromatic rings.